The fourth-order valence-electron chi connectivity index (χ4n) is 8.31. The fourth-order valence-corrected chi connectivity index (χ4v) is 8.31. The third-order valence-corrected chi connectivity index (χ3v) is 11.0. The van der Waals surface area contributed by atoms with Crippen LogP contribution in [0.3, 0.4) is 0 Å². The van der Waals surface area contributed by atoms with Crippen LogP contribution in [-0.2, 0) is 0 Å². The van der Waals surface area contributed by atoms with Crippen molar-refractivity contribution in [2.24, 2.45) is 0 Å². The van der Waals surface area contributed by atoms with Gasteiger partial charge in [0.2, 0.25) is 0 Å². The van der Waals surface area contributed by atoms with E-state index in [0.29, 0.717) is 5.82 Å². The molecule has 3 heteroatoms. The Morgan fingerprint density at radius 3 is 1.68 bits per heavy atom. The maximum Gasteiger partial charge on any atom is 0.160 e. The molecule has 0 aliphatic rings. The van der Waals surface area contributed by atoms with E-state index in [1.807, 2.05) is 18.2 Å². The van der Waals surface area contributed by atoms with Crippen LogP contribution in [0.4, 0.5) is 0 Å². The Hall–Kier alpha value is -7.49. The Morgan fingerprint density at radius 1 is 0.268 bits per heavy atom. The van der Waals surface area contributed by atoms with Gasteiger partial charge in [0, 0.05) is 38.2 Å². The van der Waals surface area contributed by atoms with Crippen LogP contribution < -0.4 is 0 Å². The Labute approximate surface area is 324 Å². The molecular weight excluding hydrogens is 679 g/mol. The molecule has 0 saturated heterocycles. The van der Waals surface area contributed by atoms with E-state index < -0.39 is 0 Å². The van der Waals surface area contributed by atoms with Crippen molar-refractivity contribution in [3.63, 3.8) is 0 Å². The summed E-state index contributed by atoms with van der Waals surface area (Å²) in [4.78, 5) is 15.4. The van der Waals surface area contributed by atoms with Crippen LogP contribution in [0.15, 0.2) is 200 Å². The molecule has 56 heavy (non-hydrogen) atoms. The highest BCUT2D eigenvalue weighted by Gasteiger charge is 2.18. The minimum absolute atomic E-state index is 0.717. The molecule has 0 unspecified atom stereocenters. The molecule has 0 N–H and O–H groups in total. The molecule has 0 bridgehead atoms. The summed E-state index contributed by atoms with van der Waals surface area (Å²) in [7, 11) is 0. The van der Waals surface area contributed by atoms with Crippen molar-refractivity contribution < 1.29 is 0 Å². The first-order chi connectivity index (χ1) is 27.7. The summed E-state index contributed by atoms with van der Waals surface area (Å²) in [5.41, 5.74) is 11.7. The number of nitrogens with zero attached hydrogens (tertiary/aromatic N) is 3. The maximum absolute atomic E-state index is 5.35. The van der Waals surface area contributed by atoms with Gasteiger partial charge in [-0.05, 0) is 74.1 Å². The summed E-state index contributed by atoms with van der Waals surface area (Å²) >= 11 is 0. The molecular formula is C53H33N3. The van der Waals surface area contributed by atoms with E-state index in [1.165, 1.54) is 32.5 Å². The summed E-state index contributed by atoms with van der Waals surface area (Å²) in [5, 5.41) is 9.46. The minimum atomic E-state index is 0.717. The third-order valence-electron chi connectivity index (χ3n) is 11.0. The van der Waals surface area contributed by atoms with Gasteiger partial charge in [0.15, 0.2) is 5.82 Å². The number of rotatable bonds is 5. The highest BCUT2D eigenvalue weighted by atomic mass is 14.9. The number of fused-ring (bicyclic) bond motifs is 7. The van der Waals surface area contributed by atoms with Gasteiger partial charge >= 0.3 is 0 Å². The standard InChI is InChI=1S/C53H33N3/c1-2-14-36(15-3-1)51-45-22-9-11-24-49(45)55-53(56-51)37-28-25-35(26-29-37)39-17-12-18-40(31-39)46-33-47-50(43-20-7-6-19-42(43)46)44-21-8-10-23-48(44)54-52(47)41-30-27-34-13-4-5-16-38(34)32-41/h1-33H. The monoisotopic (exact) mass is 711 g/mol. The van der Waals surface area contributed by atoms with Gasteiger partial charge in [0.1, 0.15) is 0 Å². The first-order valence-corrected chi connectivity index (χ1v) is 19.0. The van der Waals surface area contributed by atoms with E-state index in [-0.39, 0.29) is 0 Å². The summed E-state index contributed by atoms with van der Waals surface area (Å²) < 4.78 is 0. The fraction of sp³-hybridized carbons (Fsp3) is 0. The van der Waals surface area contributed by atoms with Crippen LogP contribution in [0, 0.1) is 0 Å². The van der Waals surface area contributed by atoms with Crippen molar-refractivity contribution in [3.05, 3.63) is 200 Å². The van der Waals surface area contributed by atoms with Gasteiger partial charge in [-0.3, -0.25) is 0 Å². The zero-order chi connectivity index (χ0) is 37.0. The molecule has 3 nitrogen and oxygen atoms in total. The van der Waals surface area contributed by atoms with E-state index in [9.17, 15) is 0 Å². The Kier molecular flexibility index (Phi) is 7.49. The zero-order valence-electron chi connectivity index (χ0n) is 30.4. The van der Waals surface area contributed by atoms with Crippen molar-refractivity contribution >= 4 is 54.1 Å². The van der Waals surface area contributed by atoms with Gasteiger partial charge in [-0.2, -0.15) is 0 Å². The SMILES string of the molecule is c1ccc(-c2nc(-c3ccc(-c4cccc(-c5cc6c(-c7ccc8ccccc8c7)nc7ccccc7c6c6ccccc56)c4)cc3)nc3ccccc23)cc1. The quantitative estimate of drug-likeness (QED) is 0.167. The summed E-state index contributed by atoms with van der Waals surface area (Å²) in [5.74, 6) is 0.717. The lowest BCUT2D eigenvalue weighted by molar-refractivity contribution is 1.23. The first-order valence-electron chi connectivity index (χ1n) is 19.0. The molecule has 0 radical (unpaired) electrons. The zero-order valence-corrected chi connectivity index (χ0v) is 30.4. The topological polar surface area (TPSA) is 38.7 Å². The van der Waals surface area contributed by atoms with Crippen molar-refractivity contribution in [1.82, 2.24) is 15.0 Å². The molecule has 0 saturated carbocycles. The molecule has 11 rings (SSSR count). The van der Waals surface area contributed by atoms with Crippen LogP contribution in [0.5, 0.6) is 0 Å². The number of hydrogen-bond donors (Lipinski definition) is 0. The molecule has 0 amide bonds. The maximum atomic E-state index is 5.35. The molecule has 0 aliphatic heterocycles. The molecule has 260 valence electrons. The number of hydrogen-bond acceptors (Lipinski definition) is 3. The van der Waals surface area contributed by atoms with Crippen molar-refractivity contribution in [1.29, 1.82) is 0 Å². The second kappa shape index (κ2) is 13.1. The average molecular weight is 712 g/mol. The summed E-state index contributed by atoms with van der Waals surface area (Å²) in [6, 6.07) is 71.1. The smallest absolute Gasteiger partial charge is 0.160 e. The molecule has 11 aromatic rings. The largest absolute Gasteiger partial charge is 0.247 e. The van der Waals surface area contributed by atoms with Crippen LogP contribution in [0.25, 0.3) is 110 Å². The lowest BCUT2D eigenvalue weighted by atomic mass is 9.89. The molecule has 2 aromatic heterocycles. The highest BCUT2D eigenvalue weighted by Crippen LogP contribution is 2.42. The van der Waals surface area contributed by atoms with E-state index in [2.05, 4.69) is 182 Å². The summed E-state index contributed by atoms with van der Waals surface area (Å²) in [6.45, 7) is 0. The predicted octanol–water partition coefficient (Wildman–Crippen LogP) is 14.0. The highest BCUT2D eigenvalue weighted by molar-refractivity contribution is 6.25. The molecule has 0 atom stereocenters. The molecule has 2 heterocycles. The Morgan fingerprint density at radius 2 is 0.857 bits per heavy atom. The number of para-hydroxylation sites is 2. The van der Waals surface area contributed by atoms with Gasteiger partial charge in [-0.25, -0.2) is 15.0 Å². The molecule has 0 spiro atoms. The Bertz CT molecular complexity index is 3300. The number of aromatic nitrogens is 3. The minimum Gasteiger partial charge on any atom is -0.247 e. The van der Waals surface area contributed by atoms with Crippen LogP contribution in [0.1, 0.15) is 0 Å². The van der Waals surface area contributed by atoms with E-state index in [1.54, 1.807) is 0 Å². The van der Waals surface area contributed by atoms with E-state index in [0.717, 1.165) is 72.0 Å². The lowest BCUT2D eigenvalue weighted by Crippen LogP contribution is -1.95. The van der Waals surface area contributed by atoms with Gasteiger partial charge < -0.3 is 0 Å². The van der Waals surface area contributed by atoms with Crippen LogP contribution in [-0.4, -0.2) is 15.0 Å². The molecule has 0 aliphatic carbocycles. The Balaban J connectivity index is 1.05. The van der Waals surface area contributed by atoms with Crippen molar-refractivity contribution in [3.8, 4) is 56.2 Å². The molecule has 0 fully saturated rings. The predicted molar refractivity (Wildman–Crippen MR) is 235 cm³/mol. The molecule has 9 aromatic carbocycles. The van der Waals surface area contributed by atoms with Crippen molar-refractivity contribution in [2.75, 3.05) is 0 Å². The third kappa shape index (κ3) is 5.40. The van der Waals surface area contributed by atoms with Gasteiger partial charge in [0.05, 0.1) is 22.4 Å². The van der Waals surface area contributed by atoms with Gasteiger partial charge in [-0.1, -0.05) is 170 Å². The lowest BCUT2D eigenvalue weighted by Gasteiger charge is -2.17. The van der Waals surface area contributed by atoms with E-state index in [4.69, 9.17) is 15.0 Å². The normalized spacial score (nSPS) is 11.6. The number of pyridine rings is 1. The van der Waals surface area contributed by atoms with Crippen molar-refractivity contribution in [2.45, 2.75) is 0 Å². The summed E-state index contributed by atoms with van der Waals surface area (Å²) in [6.07, 6.45) is 0. The van der Waals surface area contributed by atoms with Crippen LogP contribution >= 0.6 is 0 Å². The average Bonchev–Trinajstić information content (AvgIpc) is 3.28. The second-order valence-electron chi connectivity index (χ2n) is 14.4. The second-order valence-corrected chi connectivity index (χ2v) is 14.4. The first kappa shape index (κ1) is 32.0. The van der Waals surface area contributed by atoms with E-state index >= 15 is 0 Å². The van der Waals surface area contributed by atoms with Crippen LogP contribution in [0.2, 0.25) is 0 Å². The van der Waals surface area contributed by atoms with Gasteiger partial charge in [0.25, 0.3) is 0 Å². The number of benzene rings is 9. The van der Waals surface area contributed by atoms with Gasteiger partial charge in [-0.15, -0.1) is 0 Å².